The van der Waals surface area contributed by atoms with E-state index in [1.165, 1.54) is 42.7 Å². The average Bonchev–Trinajstić information content (AvgIpc) is 3.61. The molecule has 5 nitrogen and oxygen atoms in total. The van der Waals surface area contributed by atoms with Crippen LogP contribution >= 0.6 is 0 Å². The first-order valence-corrected chi connectivity index (χ1v) is 14.2. The molecule has 0 saturated heterocycles. The Hall–Kier alpha value is -2.80. The monoisotopic (exact) mass is 649 g/mol. The molecule has 2 aliphatic carbocycles. The zero-order valence-corrected chi connectivity index (χ0v) is 25.1. The number of fused-ring (bicyclic) bond motifs is 2. The van der Waals surface area contributed by atoms with Gasteiger partial charge in [0.25, 0.3) is 11.8 Å². The lowest BCUT2D eigenvalue weighted by atomic mass is 9.60. The fraction of sp³-hybridized carbons (Fsp3) is 0.700. The van der Waals surface area contributed by atoms with Crippen LogP contribution in [-0.4, -0.2) is 58.3 Å². The number of hydrogen-bond acceptors (Lipinski definition) is 3. The second-order valence-corrected chi connectivity index (χ2v) is 12.1. The maximum absolute atomic E-state index is 12.2. The van der Waals surface area contributed by atoms with Gasteiger partial charge in [-0.25, -0.2) is 0 Å². The summed E-state index contributed by atoms with van der Waals surface area (Å²) in [5, 5.41) is 9.49. The largest absolute Gasteiger partial charge is 0.481 e. The molecule has 0 radical (unpaired) electrons. The third-order valence-electron chi connectivity index (χ3n) is 8.17. The van der Waals surface area contributed by atoms with Crippen molar-refractivity contribution in [3.63, 3.8) is 0 Å². The van der Waals surface area contributed by atoms with E-state index in [1.807, 2.05) is 0 Å². The van der Waals surface area contributed by atoms with Gasteiger partial charge in [0.1, 0.15) is 0 Å². The van der Waals surface area contributed by atoms with E-state index in [4.69, 9.17) is 0 Å². The Bertz CT molecular complexity index is 1080. The molecule has 1 saturated carbocycles. The predicted molar refractivity (Wildman–Crippen MR) is 145 cm³/mol. The maximum Gasteiger partial charge on any atom is 0.460 e. The Morgan fingerprint density at radius 2 is 1.41 bits per heavy atom. The van der Waals surface area contributed by atoms with Crippen molar-refractivity contribution in [3.05, 3.63) is 37.0 Å². The molecule has 0 aromatic heterocycles. The number of rotatable bonds is 11. The van der Waals surface area contributed by atoms with Crippen molar-refractivity contribution in [1.29, 1.82) is 0 Å². The molecule has 252 valence electrons. The van der Waals surface area contributed by atoms with Gasteiger partial charge in [-0.05, 0) is 42.6 Å². The molecular formula is C30H40F9NO4. The van der Waals surface area contributed by atoms with E-state index in [1.54, 1.807) is 0 Å². The number of allylic oxidation sites excluding steroid dienone is 3. The second kappa shape index (κ2) is 14.5. The number of nitrogens with zero attached hydrogens (tertiary/aromatic N) is 1. The number of amides is 2. The highest BCUT2D eigenvalue weighted by molar-refractivity contribution is 6.12. The first-order chi connectivity index (χ1) is 19.9. The molecule has 2 bridgehead atoms. The number of hydrogen-bond donors (Lipinski definition) is 1. The summed E-state index contributed by atoms with van der Waals surface area (Å²) in [6.45, 7) is 11.0. The van der Waals surface area contributed by atoms with Crippen LogP contribution in [0.25, 0.3) is 0 Å². The molecule has 0 aromatic rings. The van der Waals surface area contributed by atoms with Gasteiger partial charge in [-0.3, -0.25) is 19.3 Å². The molecule has 44 heavy (non-hydrogen) atoms. The van der Waals surface area contributed by atoms with Crippen LogP contribution in [-0.2, 0) is 14.4 Å². The van der Waals surface area contributed by atoms with Gasteiger partial charge >= 0.3 is 29.9 Å². The molecule has 3 aliphatic rings. The fourth-order valence-electron chi connectivity index (χ4n) is 5.50. The topological polar surface area (TPSA) is 74.7 Å². The number of carboxylic acids is 1. The van der Waals surface area contributed by atoms with Crippen LogP contribution in [0.15, 0.2) is 37.0 Å². The van der Waals surface area contributed by atoms with Crippen LogP contribution in [0.3, 0.4) is 0 Å². The van der Waals surface area contributed by atoms with E-state index in [9.17, 15) is 59.0 Å². The highest BCUT2D eigenvalue weighted by atomic mass is 19.4. The lowest BCUT2D eigenvalue weighted by Crippen LogP contribution is -2.60. The van der Waals surface area contributed by atoms with Crippen molar-refractivity contribution in [2.24, 2.45) is 22.7 Å². The van der Waals surface area contributed by atoms with Crippen molar-refractivity contribution >= 4 is 17.8 Å². The van der Waals surface area contributed by atoms with Crippen LogP contribution in [0.5, 0.6) is 0 Å². The lowest BCUT2D eigenvalue weighted by molar-refractivity contribution is -0.388. The third kappa shape index (κ3) is 8.26. The van der Waals surface area contributed by atoms with Gasteiger partial charge in [0.15, 0.2) is 0 Å². The van der Waals surface area contributed by atoms with Gasteiger partial charge in [-0.15, -0.1) is 0 Å². The molecule has 1 heterocycles. The molecule has 14 heteroatoms. The number of aliphatic carboxylic acids is 1. The van der Waals surface area contributed by atoms with Crippen molar-refractivity contribution < 1.29 is 59.0 Å². The van der Waals surface area contributed by atoms with Crippen LogP contribution in [0.2, 0.25) is 0 Å². The molecular weight excluding hydrogens is 609 g/mol. The Balaban J connectivity index is 0.000000330. The average molecular weight is 650 g/mol. The summed E-state index contributed by atoms with van der Waals surface area (Å²) in [6.07, 6.45) is 8.17. The van der Waals surface area contributed by atoms with Crippen molar-refractivity contribution in [1.82, 2.24) is 4.90 Å². The zero-order valence-electron chi connectivity index (χ0n) is 25.1. The highest BCUT2D eigenvalue weighted by Gasteiger charge is 2.81. The number of unbranched alkanes of at least 4 members (excludes halogenated alkanes) is 5. The van der Waals surface area contributed by atoms with Crippen molar-refractivity contribution in [3.8, 4) is 0 Å². The highest BCUT2D eigenvalue weighted by Crippen LogP contribution is 2.60. The van der Waals surface area contributed by atoms with E-state index >= 15 is 0 Å². The maximum atomic E-state index is 12.2. The van der Waals surface area contributed by atoms with Crippen molar-refractivity contribution in [2.45, 2.75) is 103 Å². The first-order valence-electron chi connectivity index (χ1n) is 14.2. The normalized spacial score (nSPS) is 23.3. The molecule has 0 aromatic carbocycles. The molecule has 1 aliphatic heterocycles. The van der Waals surface area contributed by atoms with Gasteiger partial charge in [-0.2, -0.15) is 39.5 Å². The summed E-state index contributed by atoms with van der Waals surface area (Å²) in [5.74, 6) is -19.2. The van der Waals surface area contributed by atoms with Crippen LogP contribution in [0.4, 0.5) is 39.5 Å². The quantitative estimate of drug-likeness (QED) is 0.105. The Morgan fingerprint density at radius 1 is 0.909 bits per heavy atom. The summed E-state index contributed by atoms with van der Waals surface area (Å²) >= 11 is 0. The number of alkyl halides is 9. The molecule has 3 atom stereocenters. The Labute approximate surface area is 251 Å². The predicted octanol–water partition coefficient (Wildman–Crippen LogP) is 8.61. The minimum Gasteiger partial charge on any atom is -0.481 e. The van der Waals surface area contributed by atoms with E-state index in [-0.39, 0.29) is 23.1 Å². The fourth-order valence-corrected chi connectivity index (χ4v) is 5.50. The Morgan fingerprint density at radius 3 is 1.75 bits per heavy atom. The SMILES string of the molecule is C=CC(F)(F)C(F)(F)C(F)(F)C(F)(F)F.CC(C)(C)C1(C(=O)O)CC2C=CC1C2.CCCCCCCCN1C(=O)C=CC1=O. The van der Waals surface area contributed by atoms with Gasteiger partial charge in [0, 0.05) is 18.7 Å². The molecule has 3 unspecified atom stereocenters. The van der Waals surface area contributed by atoms with Crippen LogP contribution in [0.1, 0.15) is 79.1 Å². The van der Waals surface area contributed by atoms with Gasteiger partial charge in [-0.1, -0.05) is 78.5 Å². The molecule has 0 spiro atoms. The zero-order chi connectivity index (χ0) is 34.4. The number of halogens is 9. The minimum atomic E-state index is -6.84. The molecule has 1 N–H and O–H groups in total. The van der Waals surface area contributed by atoms with E-state index < -0.39 is 41.4 Å². The number of carbonyl (C=O) groups is 3. The lowest BCUT2D eigenvalue weighted by Gasteiger charge is -2.42. The third-order valence-corrected chi connectivity index (χ3v) is 8.17. The summed E-state index contributed by atoms with van der Waals surface area (Å²) in [7, 11) is 0. The molecule has 1 fully saturated rings. The summed E-state index contributed by atoms with van der Waals surface area (Å²) in [4.78, 5) is 35.2. The van der Waals surface area contributed by atoms with Crippen molar-refractivity contribution in [2.75, 3.05) is 6.54 Å². The molecule has 3 rings (SSSR count). The van der Waals surface area contributed by atoms with Gasteiger partial charge < -0.3 is 5.11 Å². The summed E-state index contributed by atoms with van der Waals surface area (Å²) in [6, 6.07) is 0. The second-order valence-electron chi connectivity index (χ2n) is 12.1. The van der Waals surface area contributed by atoms with E-state index in [0.717, 1.165) is 25.7 Å². The summed E-state index contributed by atoms with van der Waals surface area (Å²) in [5.41, 5.74) is -0.671. The number of carbonyl (C=O) groups excluding carboxylic acids is 2. The smallest absolute Gasteiger partial charge is 0.460 e. The standard InChI is InChI=1S/C12H19NO2.C12H18O2.C6H3F9/c1-2-3-4-5-6-7-10-13-11(14)8-9-12(13)15;1-11(2,3)12(10(13)14)7-8-4-5-9(12)6-8;1-2-3(7,8)4(9,10)5(11,12)6(13,14)15/h8-9H,2-7,10H2,1H3;4-5,8-9H,6-7H2,1-3H3,(H,13,14);2H,1H2. The number of imide groups is 1. The van der Waals surface area contributed by atoms with E-state index in [2.05, 4.69) is 46.4 Å². The van der Waals surface area contributed by atoms with Gasteiger partial charge in [0.2, 0.25) is 0 Å². The van der Waals surface area contributed by atoms with Gasteiger partial charge in [0.05, 0.1) is 5.41 Å². The number of carboxylic acid groups (broad SMARTS) is 1. The van der Waals surface area contributed by atoms with Crippen LogP contribution < -0.4 is 0 Å². The Kier molecular flexibility index (Phi) is 13.0. The van der Waals surface area contributed by atoms with Crippen LogP contribution in [0, 0.1) is 22.7 Å². The molecule has 2 amide bonds. The minimum absolute atomic E-state index is 0.150. The summed E-state index contributed by atoms with van der Waals surface area (Å²) < 4.78 is 107. The first kappa shape index (κ1) is 39.2. The van der Waals surface area contributed by atoms with E-state index in [0.29, 0.717) is 12.5 Å².